The van der Waals surface area contributed by atoms with Crippen LogP contribution in [-0.4, -0.2) is 43.0 Å². The fourth-order valence-electron chi connectivity index (χ4n) is 11.8. The van der Waals surface area contributed by atoms with E-state index in [9.17, 15) is 19.2 Å². The van der Waals surface area contributed by atoms with Crippen molar-refractivity contribution in [3.05, 3.63) is 24.2 Å². The maximum atomic E-state index is 14.1. The molecule has 8 heteroatoms. The molecule has 41 heavy (non-hydrogen) atoms. The molecule has 11 atom stereocenters. The van der Waals surface area contributed by atoms with Gasteiger partial charge in [-0.15, -0.1) is 0 Å². The highest BCUT2D eigenvalue weighted by Gasteiger charge is 2.86. The smallest absolute Gasteiger partial charge is 0.308 e. The molecule has 5 aliphatic rings. The first kappa shape index (κ1) is 28.5. The Bertz CT molecular complexity index is 1300. The van der Waals surface area contributed by atoms with Crippen molar-refractivity contribution in [3.8, 4) is 0 Å². The molecule has 0 spiro atoms. The van der Waals surface area contributed by atoms with Crippen LogP contribution in [0.15, 0.2) is 23.0 Å². The van der Waals surface area contributed by atoms with Crippen LogP contribution in [0.3, 0.4) is 0 Å². The zero-order valence-electron chi connectivity index (χ0n) is 25.6. The van der Waals surface area contributed by atoms with Crippen molar-refractivity contribution >= 4 is 23.7 Å². The molecule has 1 saturated heterocycles. The Morgan fingerprint density at radius 1 is 1.02 bits per heavy atom. The Kier molecular flexibility index (Phi) is 6.04. The van der Waals surface area contributed by atoms with E-state index in [4.69, 9.17) is 18.6 Å². The minimum Gasteiger partial charge on any atom is -0.472 e. The highest BCUT2D eigenvalue weighted by molar-refractivity contribution is 6.00. The second-order valence-corrected chi connectivity index (χ2v) is 15.1. The summed E-state index contributed by atoms with van der Waals surface area (Å²) in [5.41, 5.74) is -2.37. The number of rotatable bonds is 6. The number of ether oxygens (including phenoxy) is 3. The van der Waals surface area contributed by atoms with Crippen LogP contribution in [0.1, 0.15) is 90.9 Å². The molecule has 0 radical (unpaired) electrons. The van der Waals surface area contributed by atoms with E-state index in [1.807, 2.05) is 20.8 Å². The third-order valence-electron chi connectivity index (χ3n) is 13.2. The van der Waals surface area contributed by atoms with Gasteiger partial charge in [0.25, 0.3) is 0 Å². The van der Waals surface area contributed by atoms with Gasteiger partial charge in [-0.3, -0.25) is 19.2 Å². The number of hydrogen-bond donors (Lipinski definition) is 0. The largest absolute Gasteiger partial charge is 0.472 e. The van der Waals surface area contributed by atoms with Crippen LogP contribution >= 0.6 is 0 Å². The summed E-state index contributed by atoms with van der Waals surface area (Å²) in [6.07, 6.45) is 4.47. The van der Waals surface area contributed by atoms with E-state index in [1.165, 1.54) is 19.6 Å². The van der Waals surface area contributed by atoms with Gasteiger partial charge in [0.05, 0.1) is 24.9 Å². The number of Topliss-reactive ketones (excluding diaryl/α,β-unsaturated/α-hetero) is 1. The molecule has 2 bridgehead atoms. The quantitative estimate of drug-likeness (QED) is 0.247. The van der Waals surface area contributed by atoms with Gasteiger partial charge in [0.15, 0.2) is 5.78 Å². The van der Waals surface area contributed by atoms with Crippen molar-refractivity contribution in [1.82, 2.24) is 0 Å². The first-order valence-electron chi connectivity index (χ1n) is 15.1. The van der Waals surface area contributed by atoms with Gasteiger partial charge in [0, 0.05) is 34.5 Å². The first-order chi connectivity index (χ1) is 19.1. The third kappa shape index (κ3) is 3.28. The number of hydrogen-bond acceptors (Lipinski definition) is 8. The lowest BCUT2D eigenvalue weighted by molar-refractivity contribution is -0.321. The highest BCUT2D eigenvalue weighted by Crippen LogP contribution is 2.85. The second-order valence-electron chi connectivity index (χ2n) is 15.1. The van der Waals surface area contributed by atoms with E-state index in [2.05, 4.69) is 27.7 Å². The van der Waals surface area contributed by atoms with Gasteiger partial charge >= 0.3 is 17.9 Å². The molecule has 4 aliphatic carbocycles. The van der Waals surface area contributed by atoms with Crippen molar-refractivity contribution < 1.29 is 37.8 Å². The molecule has 2 heterocycles. The molecule has 0 aromatic carbocycles. The highest BCUT2D eigenvalue weighted by atomic mass is 16.6. The van der Waals surface area contributed by atoms with Gasteiger partial charge in [-0.1, -0.05) is 48.5 Å². The van der Waals surface area contributed by atoms with Gasteiger partial charge in [-0.25, -0.2) is 0 Å². The van der Waals surface area contributed by atoms with E-state index in [0.29, 0.717) is 12.0 Å². The molecule has 0 N–H and O–H groups in total. The number of furan rings is 1. The molecule has 1 aliphatic heterocycles. The van der Waals surface area contributed by atoms with Crippen LogP contribution in [-0.2, 0) is 28.6 Å². The van der Waals surface area contributed by atoms with Crippen LogP contribution < -0.4 is 0 Å². The van der Waals surface area contributed by atoms with E-state index < -0.39 is 33.9 Å². The zero-order chi connectivity index (χ0) is 29.9. The van der Waals surface area contributed by atoms with Crippen molar-refractivity contribution in [2.45, 2.75) is 92.8 Å². The molecule has 6 rings (SSSR count). The molecule has 4 saturated carbocycles. The topological polar surface area (TPSA) is 109 Å². The molecule has 4 unspecified atom stereocenters. The fourth-order valence-corrected chi connectivity index (χ4v) is 11.8. The molecule has 0 amide bonds. The van der Waals surface area contributed by atoms with Gasteiger partial charge in [0.2, 0.25) is 0 Å². The van der Waals surface area contributed by atoms with Crippen LogP contribution in [0.5, 0.6) is 0 Å². The summed E-state index contributed by atoms with van der Waals surface area (Å²) in [4.78, 5) is 53.8. The van der Waals surface area contributed by atoms with Crippen LogP contribution in [0.2, 0.25) is 0 Å². The van der Waals surface area contributed by atoms with Crippen molar-refractivity contribution in [2.24, 2.45) is 56.7 Å². The summed E-state index contributed by atoms with van der Waals surface area (Å²) in [5, 5.41) is 0. The van der Waals surface area contributed by atoms with Crippen LogP contribution in [0.4, 0.5) is 0 Å². The van der Waals surface area contributed by atoms with Crippen molar-refractivity contribution in [1.29, 1.82) is 0 Å². The Hall–Kier alpha value is -2.64. The van der Waals surface area contributed by atoms with Crippen LogP contribution in [0, 0.1) is 56.7 Å². The Morgan fingerprint density at radius 2 is 1.73 bits per heavy atom. The second kappa shape index (κ2) is 8.70. The number of esters is 3. The number of carbonyl (C=O) groups is 4. The molecule has 5 fully saturated rings. The monoisotopic (exact) mass is 568 g/mol. The Morgan fingerprint density at radius 3 is 2.34 bits per heavy atom. The Labute approximate surface area is 242 Å². The lowest BCUT2D eigenvalue weighted by Gasteiger charge is -2.74. The Balaban J connectivity index is 1.55. The summed E-state index contributed by atoms with van der Waals surface area (Å²) in [7, 11) is 1.42. The van der Waals surface area contributed by atoms with Crippen LogP contribution in [0.25, 0.3) is 0 Å². The SMILES string of the molecule is COC(=O)C[C@@H]1[C@@]2(C)C3CC[C@@](C)(C(=O)c4ccoc4)C4CC(=O)O[C@@H]([C@@]34C)[C@]3(C)C2C[C@@]1(C)C3OC(=O)C(C)C. The number of methoxy groups -OCH3 is 1. The maximum absolute atomic E-state index is 14.1. The van der Waals surface area contributed by atoms with Crippen molar-refractivity contribution in [3.63, 3.8) is 0 Å². The molecule has 8 nitrogen and oxygen atoms in total. The summed E-state index contributed by atoms with van der Waals surface area (Å²) >= 11 is 0. The van der Waals surface area contributed by atoms with E-state index in [-0.39, 0.29) is 71.5 Å². The first-order valence-corrected chi connectivity index (χ1v) is 15.1. The van der Waals surface area contributed by atoms with Gasteiger partial charge in [-0.05, 0) is 54.4 Å². The lowest BCUT2D eigenvalue weighted by Crippen LogP contribution is -2.77. The summed E-state index contributed by atoms with van der Waals surface area (Å²) < 4.78 is 23.4. The fraction of sp³-hybridized carbons (Fsp3) is 0.758. The summed E-state index contributed by atoms with van der Waals surface area (Å²) in [6.45, 7) is 14.5. The predicted molar refractivity (Wildman–Crippen MR) is 147 cm³/mol. The zero-order valence-corrected chi connectivity index (χ0v) is 25.6. The van der Waals surface area contributed by atoms with E-state index in [0.717, 1.165) is 12.8 Å². The van der Waals surface area contributed by atoms with Gasteiger partial charge in [0.1, 0.15) is 18.5 Å². The average molecular weight is 569 g/mol. The molecular formula is C33H44O8. The minimum atomic E-state index is -0.806. The van der Waals surface area contributed by atoms with Gasteiger partial charge in [-0.2, -0.15) is 0 Å². The third-order valence-corrected chi connectivity index (χ3v) is 13.2. The lowest BCUT2D eigenvalue weighted by atomic mass is 9.31. The van der Waals surface area contributed by atoms with E-state index >= 15 is 0 Å². The molecule has 1 aromatic heterocycles. The normalized spacial score (nSPS) is 47.5. The minimum absolute atomic E-state index is 0.0134. The molecule has 224 valence electrons. The number of ketones is 1. The molecule has 1 aromatic rings. The predicted octanol–water partition coefficient (Wildman–Crippen LogP) is 5.63. The van der Waals surface area contributed by atoms with E-state index in [1.54, 1.807) is 6.07 Å². The number of carbonyl (C=O) groups excluding carboxylic acids is 4. The average Bonchev–Trinajstić information content (AvgIpc) is 3.59. The van der Waals surface area contributed by atoms with Gasteiger partial charge < -0.3 is 18.6 Å². The maximum Gasteiger partial charge on any atom is 0.308 e. The number of fused-ring (bicyclic) bond motifs is 3. The van der Waals surface area contributed by atoms with Crippen molar-refractivity contribution in [2.75, 3.05) is 7.11 Å². The molecular weight excluding hydrogens is 524 g/mol. The summed E-state index contributed by atoms with van der Waals surface area (Å²) in [5.74, 6) is -1.44. The summed E-state index contributed by atoms with van der Waals surface area (Å²) in [6, 6.07) is 1.70. The standard InChI is InChI=1S/C33H44O8/c1-17(2)26(37)41-27-30(4)15-22-31(5,21(30)13-23(34)38-8)19-9-11-29(3,25(36)18-10-12-39-16-18)20-14-24(35)40-28(32(19,20)6)33(22,27)7/h10,12,16-17,19-22,27-28H,9,11,13-15H2,1-8H3/t19?,20?,21-,22?,27?,28-,29+,30+,31+,32-,33+/m0/s1.